The van der Waals surface area contributed by atoms with E-state index in [4.69, 9.17) is 9.97 Å². The SMILES string of the molecule is Cc1cc(-c2ccccn2)c(O)c(-c2ccc3ccc4ccc(-c5cc(C)cc(-c6ccc[nH]6)c5O)nc4c3n2)c1. The third-order valence-electron chi connectivity index (χ3n) is 7.41. The summed E-state index contributed by atoms with van der Waals surface area (Å²) in [6.07, 6.45) is 3.55. The van der Waals surface area contributed by atoms with Crippen molar-refractivity contribution in [3.8, 4) is 56.5 Å². The largest absolute Gasteiger partial charge is 0.507 e. The van der Waals surface area contributed by atoms with Gasteiger partial charge in [-0.1, -0.05) is 30.3 Å². The van der Waals surface area contributed by atoms with Crippen molar-refractivity contribution in [3.63, 3.8) is 0 Å². The van der Waals surface area contributed by atoms with Gasteiger partial charge in [0.2, 0.25) is 0 Å². The Bertz CT molecular complexity index is 2080. The quantitative estimate of drug-likeness (QED) is 0.198. The molecule has 0 aliphatic heterocycles. The number of hydrogen-bond donors (Lipinski definition) is 3. The van der Waals surface area contributed by atoms with Gasteiger partial charge < -0.3 is 15.2 Å². The molecule has 198 valence electrons. The Balaban J connectivity index is 1.41. The average molecular weight is 535 g/mol. The number of fused-ring (bicyclic) bond motifs is 3. The molecule has 0 saturated heterocycles. The van der Waals surface area contributed by atoms with Crippen molar-refractivity contribution in [2.24, 2.45) is 0 Å². The van der Waals surface area contributed by atoms with Gasteiger partial charge in [-0.05, 0) is 85.6 Å². The zero-order valence-corrected chi connectivity index (χ0v) is 22.6. The molecule has 0 spiro atoms. The van der Waals surface area contributed by atoms with Gasteiger partial charge in [-0.15, -0.1) is 0 Å². The minimum Gasteiger partial charge on any atom is -0.507 e. The summed E-state index contributed by atoms with van der Waals surface area (Å²) >= 11 is 0. The average Bonchev–Trinajstić information content (AvgIpc) is 3.54. The van der Waals surface area contributed by atoms with Crippen LogP contribution >= 0.6 is 0 Å². The Labute approximate surface area is 236 Å². The number of phenols is 2. The Morgan fingerprint density at radius 2 is 1.10 bits per heavy atom. The van der Waals surface area contributed by atoms with E-state index in [0.717, 1.165) is 44.2 Å². The first-order chi connectivity index (χ1) is 20.0. The molecule has 3 N–H and O–H groups in total. The van der Waals surface area contributed by atoms with E-state index in [-0.39, 0.29) is 11.5 Å². The van der Waals surface area contributed by atoms with E-state index >= 15 is 0 Å². The van der Waals surface area contributed by atoms with E-state index in [1.54, 1.807) is 6.20 Å². The maximum atomic E-state index is 11.3. The van der Waals surface area contributed by atoms with Crippen molar-refractivity contribution in [2.75, 3.05) is 0 Å². The molecule has 0 saturated carbocycles. The molecule has 0 atom stereocenters. The number of benzene rings is 3. The van der Waals surface area contributed by atoms with Crippen LogP contribution in [0.5, 0.6) is 11.5 Å². The fraction of sp³-hybridized carbons (Fsp3) is 0.0571. The third kappa shape index (κ3) is 4.26. The normalized spacial score (nSPS) is 11.4. The summed E-state index contributed by atoms with van der Waals surface area (Å²) < 4.78 is 0. The number of nitrogens with zero attached hydrogens (tertiary/aromatic N) is 3. The maximum Gasteiger partial charge on any atom is 0.134 e. The molecule has 3 aromatic carbocycles. The van der Waals surface area contributed by atoms with Crippen molar-refractivity contribution in [1.82, 2.24) is 19.9 Å². The summed E-state index contributed by atoms with van der Waals surface area (Å²) in [7, 11) is 0. The third-order valence-corrected chi connectivity index (χ3v) is 7.41. The Morgan fingerprint density at radius 3 is 1.63 bits per heavy atom. The molecule has 4 aromatic heterocycles. The minimum atomic E-state index is 0.136. The number of aromatic nitrogens is 4. The lowest BCUT2D eigenvalue weighted by atomic mass is 9.98. The van der Waals surface area contributed by atoms with Gasteiger partial charge in [0.05, 0.1) is 28.1 Å². The number of aryl methyl sites for hydroxylation is 2. The molecule has 0 bridgehead atoms. The van der Waals surface area contributed by atoms with Gasteiger partial charge in [-0.2, -0.15) is 0 Å². The predicted molar refractivity (Wildman–Crippen MR) is 164 cm³/mol. The number of phenolic OH excluding ortho intramolecular Hbond substituents is 2. The molecule has 0 radical (unpaired) electrons. The molecule has 0 amide bonds. The van der Waals surface area contributed by atoms with Crippen LogP contribution in [-0.4, -0.2) is 30.1 Å². The Hall–Kier alpha value is -5.49. The van der Waals surface area contributed by atoms with Crippen LogP contribution in [0.3, 0.4) is 0 Å². The number of aromatic amines is 1. The van der Waals surface area contributed by atoms with Crippen LogP contribution in [0.25, 0.3) is 66.8 Å². The fourth-order valence-electron chi connectivity index (χ4n) is 5.44. The van der Waals surface area contributed by atoms with Crippen LogP contribution in [-0.2, 0) is 0 Å². The summed E-state index contributed by atoms with van der Waals surface area (Å²) in [6, 6.07) is 29.2. The molecule has 0 aliphatic rings. The monoisotopic (exact) mass is 534 g/mol. The van der Waals surface area contributed by atoms with Crippen molar-refractivity contribution in [3.05, 3.63) is 115 Å². The first-order valence-corrected chi connectivity index (χ1v) is 13.4. The topological polar surface area (TPSA) is 94.9 Å². The van der Waals surface area contributed by atoms with Gasteiger partial charge in [-0.25, -0.2) is 9.97 Å². The van der Waals surface area contributed by atoms with E-state index in [0.29, 0.717) is 33.8 Å². The van der Waals surface area contributed by atoms with E-state index in [2.05, 4.69) is 9.97 Å². The number of aromatic hydroxyl groups is 2. The summed E-state index contributed by atoms with van der Waals surface area (Å²) in [5.41, 5.74) is 8.96. The maximum absolute atomic E-state index is 11.3. The fourth-order valence-corrected chi connectivity index (χ4v) is 5.44. The van der Waals surface area contributed by atoms with E-state index in [1.165, 1.54) is 0 Å². The highest BCUT2D eigenvalue weighted by atomic mass is 16.3. The standard InChI is InChI=1S/C35H26N4O2/c1-20-16-24(28-6-3-4-14-36-28)34(40)26(18-20)30-12-10-22-8-9-23-11-13-31(39-33(23)32(22)38-30)27-19-21(2)17-25(35(27)41)29-7-5-15-37-29/h3-19,37,40-41H,1-2H3. The van der Waals surface area contributed by atoms with Crippen molar-refractivity contribution >= 4 is 21.8 Å². The first kappa shape index (κ1) is 24.5. The van der Waals surface area contributed by atoms with Gasteiger partial charge in [0.25, 0.3) is 0 Å². The minimum absolute atomic E-state index is 0.136. The summed E-state index contributed by atoms with van der Waals surface area (Å²) in [4.78, 5) is 17.7. The highest BCUT2D eigenvalue weighted by Crippen LogP contribution is 2.41. The molecule has 0 aliphatic carbocycles. The summed E-state index contributed by atoms with van der Waals surface area (Å²) in [6.45, 7) is 4.00. The lowest BCUT2D eigenvalue weighted by Gasteiger charge is -2.13. The molecular formula is C35H26N4O2. The molecular weight excluding hydrogens is 508 g/mol. The molecule has 6 nitrogen and oxygen atoms in total. The van der Waals surface area contributed by atoms with Crippen LogP contribution < -0.4 is 0 Å². The number of H-pyrrole nitrogens is 1. The molecule has 0 unspecified atom stereocenters. The van der Waals surface area contributed by atoms with Crippen molar-refractivity contribution < 1.29 is 10.2 Å². The van der Waals surface area contributed by atoms with Gasteiger partial charge in [0.15, 0.2) is 0 Å². The van der Waals surface area contributed by atoms with Gasteiger partial charge in [-0.3, -0.25) is 4.98 Å². The van der Waals surface area contributed by atoms with Crippen LogP contribution in [0.15, 0.2) is 103 Å². The second-order valence-corrected chi connectivity index (χ2v) is 10.3. The highest BCUT2D eigenvalue weighted by Gasteiger charge is 2.17. The zero-order chi connectivity index (χ0) is 28.1. The van der Waals surface area contributed by atoms with E-state index in [1.807, 2.05) is 111 Å². The lowest BCUT2D eigenvalue weighted by molar-refractivity contribution is 0.478. The van der Waals surface area contributed by atoms with E-state index in [9.17, 15) is 10.2 Å². The number of nitrogens with one attached hydrogen (secondary N) is 1. The first-order valence-electron chi connectivity index (χ1n) is 13.4. The molecule has 6 heteroatoms. The summed E-state index contributed by atoms with van der Waals surface area (Å²) in [5, 5.41) is 24.5. The molecule has 0 fully saturated rings. The lowest BCUT2D eigenvalue weighted by Crippen LogP contribution is -1.94. The van der Waals surface area contributed by atoms with Crippen LogP contribution in [0.1, 0.15) is 11.1 Å². The Kier molecular flexibility index (Phi) is 5.75. The number of pyridine rings is 3. The van der Waals surface area contributed by atoms with Gasteiger partial charge >= 0.3 is 0 Å². The molecule has 7 aromatic rings. The molecule has 4 heterocycles. The zero-order valence-electron chi connectivity index (χ0n) is 22.6. The molecule has 7 rings (SSSR count). The van der Waals surface area contributed by atoms with Crippen LogP contribution in [0.2, 0.25) is 0 Å². The number of hydrogen-bond acceptors (Lipinski definition) is 5. The smallest absolute Gasteiger partial charge is 0.134 e. The second-order valence-electron chi connectivity index (χ2n) is 10.3. The summed E-state index contributed by atoms with van der Waals surface area (Å²) in [5.74, 6) is 0.307. The van der Waals surface area contributed by atoms with Crippen LogP contribution in [0, 0.1) is 13.8 Å². The number of rotatable bonds is 4. The van der Waals surface area contributed by atoms with E-state index < -0.39 is 0 Å². The Morgan fingerprint density at radius 1 is 0.561 bits per heavy atom. The second kappa shape index (κ2) is 9.61. The van der Waals surface area contributed by atoms with Crippen molar-refractivity contribution in [1.29, 1.82) is 0 Å². The molecule has 41 heavy (non-hydrogen) atoms. The predicted octanol–water partition coefficient (Wildman–Crippen LogP) is 8.20. The van der Waals surface area contributed by atoms with Crippen molar-refractivity contribution in [2.45, 2.75) is 13.8 Å². The highest BCUT2D eigenvalue weighted by molar-refractivity contribution is 6.04. The van der Waals surface area contributed by atoms with Crippen LogP contribution in [0.4, 0.5) is 0 Å². The van der Waals surface area contributed by atoms with Gasteiger partial charge in [0.1, 0.15) is 11.5 Å². The van der Waals surface area contributed by atoms with Gasteiger partial charge in [0, 0.05) is 51.1 Å².